The van der Waals surface area contributed by atoms with Crippen LogP contribution in [-0.4, -0.2) is 50.3 Å². The monoisotopic (exact) mass is 239 g/mol. The maximum Gasteiger partial charge on any atom is 0.122 e. The maximum absolute atomic E-state index is 9.38. The first kappa shape index (κ1) is 14.4. The Morgan fingerprint density at radius 3 is 2.59 bits per heavy atom. The summed E-state index contributed by atoms with van der Waals surface area (Å²) in [6.07, 6.45) is 2.62. The molecule has 1 unspecified atom stereocenters. The summed E-state index contributed by atoms with van der Waals surface area (Å²) >= 11 is 0. The van der Waals surface area contributed by atoms with Gasteiger partial charge in [0.25, 0.3) is 0 Å². The van der Waals surface area contributed by atoms with E-state index in [2.05, 4.69) is 23.3 Å². The quantitative estimate of drug-likeness (QED) is 0.692. The van der Waals surface area contributed by atoms with E-state index in [-0.39, 0.29) is 11.6 Å². The van der Waals surface area contributed by atoms with E-state index in [1.54, 1.807) is 0 Å². The second-order valence-electron chi connectivity index (χ2n) is 5.26. The van der Waals surface area contributed by atoms with Crippen molar-refractivity contribution < 1.29 is 4.74 Å². The summed E-state index contributed by atoms with van der Waals surface area (Å²) < 4.78 is 5.53. The third-order valence-corrected chi connectivity index (χ3v) is 3.36. The molecule has 0 heterocycles. The van der Waals surface area contributed by atoms with E-state index in [1.807, 2.05) is 20.9 Å². The van der Waals surface area contributed by atoms with Crippen LogP contribution >= 0.6 is 0 Å². The van der Waals surface area contributed by atoms with E-state index < -0.39 is 0 Å². The Hall–Kier alpha value is -0.630. The number of nitriles is 1. The molecular weight excluding hydrogens is 214 g/mol. The molecule has 0 radical (unpaired) electrons. The molecule has 17 heavy (non-hydrogen) atoms. The van der Waals surface area contributed by atoms with Crippen molar-refractivity contribution in [1.82, 2.24) is 10.2 Å². The van der Waals surface area contributed by atoms with Crippen LogP contribution in [0.1, 0.15) is 26.7 Å². The zero-order valence-electron chi connectivity index (χ0n) is 11.5. The van der Waals surface area contributed by atoms with Gasteiger partial charge in [0.2, 0.25) is 0 Å². The first-order chi connectivity index (χ1) is 8.04. The average molecular weight is 239 g/mol. The molecule has 1 aliphatic rings. The Morgan fingerprint density at radius 2 is 2.18 bits per heavy atom. The first-order valence-corrected chi connectivity index (χ1v) is 6.44. The number of nitrogens with one attached hydrogen (secondary N) is 1. The highest BCUT2D eigenvalue weighted by molar-refractivity contribution is 5.16. The van der Waals surface area contributed by atoms with Crippen molar-refractivity contribution >= 4 is 0 Å². The minimum absolute atomic E-state index is 0.275. The van der Waals surface area contributed by atoms with E-state index in [4.69, 9.17) is 4.74 Å². The number of rotatable bonds is 8. The molecule has 0 bridgehead atoms. The van der Waals surface area contributed by atoms with Crippen LogP contribution in [0.4, 0.5) is 0 Å². The lowest BCUT2D eigenvalue weighted by Crippen LogP contribution is -2.52. The second kappa shape index (κ2) is 6.34. The molecule has 1 N–H and O–H groups in total. The van der Waals surface area contributed by atoms with Gasteiger partial charge in [0.05, 0.1) is 18.8 Å². The predicted molar refractivity (Wildman–Crippen MR) is 68.7 cm³/mol. The molecule has 4 nitrogen and oxygen atoms in total. The summed E-state index contributed by atoms with van der Waals surface area (Å²) in [5.74, 6) is 0.519. The normalized spacial score (nSPS) is 19.4. The number of nitrogens with zero attached hydrogens (tertiary/aromatic N) is 2. The van der Waals surface area contributed by atoms with Gasteiger partial charge in [0.15, 0.2) is 0 Å². The van der Waals surface area contributed by atoms with Gasteiger partial charge in [-0.05, 0) is 46.7 Å². The molecule has 1 fully saturated rings. The molecule has 4 heteroatoms. The van der Waals surface area contributed by atoms with Crippen LogP contribution in [0.25, 0.3) is 0 Å². The standard InChI is InChI=1S/C13H25N3O/c1-11(2)17-8-7-16(4)10-13(9-14,15-3)12-5-6-12/h11-12,15H,5-8,10H2,1-4H3. The van der Waals surface area contributed by atoms with Crippen molar-refractivity contribution in [2.45, 2.75) is 38.3 Å². The summed E-state index contributed by atoms with van der Waals surface area (Å²) in [4.78, 5) is 2.18. The molecule has 0 aromatic heterocycles. The number of hydrogen-bond donors (Lipinski definition) is 1. The van der Waals surface area contributed by atoms with Gasteiger partial charge in [0, 0.05) is 13.1 Å². The smallest absolute Gasteiger partial charge is 0.122 e. The van der Waals surface area contributed by atoms with Crippen LogP contribution in [0.5, 0.6) is 0 Å². The van der Waals surface area contributed by atoms with Crippen LogP contribution < -0.4 is 5.32 Å². The van der Waals surface area contributed by atoms with Crippen molar-refractivity contribution in [1.29, 1.82) is 5.26 Å². The Labute approximate surface area is 105 Å². The highest BCUT2D eigenvalue weighted by Gasteiger charge is 2.45. The lowest BCUT2D eigenvalue weighted by Gasteiger charge is -2.31. The van der Waals surface area contributed by atoms with Gasteiger partial charge in [0.1, 0.15) is 5.54 Å². The summed E-state index contributed by atoms with van der Waals surface area (Å²) in [5.41, 5.74) is -0.368. The van der Waals surface area contributed by atoms with Gasteiger partial charge >= 0.3 is 0 Å². The van der Waals surface area contributed by atoms with Gasteiger partial charge in [-0.3, -0.25) is 0 Å². The van der Waals surface area contributed by atoms with Gasteiger partial charge in [-0.1, -0.05) is 0 Å². The lowest BCUT2D eigenvalue weighted by atomic mass is 9.94. The zero-order valence-corrected chi connectivity index (χ0v) is 11.5. The maximum atomic E-state index is 9.38. The molecule has 0 aromatic rings. The lowest BCUT2D eigenvalue weighted by molar-refractivity contribution is 0.0598. The van der Waals surface area contributed by atoms with Crippen LogP contribution in [0, 0.1) is 17.2 Å². The van der Waals surface area contributed by atoms with Crippen molar-refractivity contribution in [3.05, 3.63) is 0 Å². The van der Waals surface area contributed by atoms with E-state index in [0.717, 1.165) is 19.7 Å². The Morgan fingerprint density at radius 1 is 1.53 bits per heavy atom. The molecule has 0 aliphatic heterocycles. The van der Waals surface area contributed by atoms with Gasteiger partial charge in [-0.25, -0.2) is 0 Å². The van der Waals surface area contributed by atoms with Crippen LogP contribution in [-0.2, 0) is 4.74 Å². The Kier molecular flexibility index (Phi) is 5.38. The third kappa shape index (κ3) is 4.27. The number of likely N-dealkylation sites (N-methyl/N-ethyl adjacent to an activating group) is 2. The molecule has 0 spiro atoms. The average Bonchev–Trinajstić information content (AvgIpc) is 3.09. The largest absolute Gasteiger partial charge is 0.377 e. The molecule has 0 saturated heterocycles. The fourth-order valence-corrected chi connectivity index (χ4v) is 2.12. The minimum Gasteiger partial charge on any atom is -0.377 e. The molecule has 1 saturated carbocycles. The van der Waals surface area contributed by atoms with Gasteiger partial charge in [-0.15, -0.1) is 0 Å². The summed E-state index contributed by atoms with van der Waals surface area (Å²) in [5, 5.41) is 12.6. The fraction of sp³-hybridized carbons (Fsp3) is 0.923. The Bertz CT molecular complexity index is 270. The number of hydrogen-bond acceptors (Lipinski definition) is 4. The summed E-state index contributed by atoms with van der Waals surface area (Å²) in [6, 6.07) is 2.46. The van der Waals surface area contributed by atoms with Crippen molar-refractivity contribution in [2.75, 3.05) is 33.8 Å². The van der Waals surface area contributed by atoms with Gasteiger partial charge in [-0.2, -0.15) is 5.26 Å². The highest BCUT2D eigenvalue weighted by atomic mass is 16.5. The molecule has 1 aliphatic carbocycles. The molecule has 1 atom stereocenters. The zero-order chi connectivity index (χ0) is 12.9. The second-order valence-corrected chi connectivity index (χ2v) is 5.26. The topological polar surface area (TPSA) is 48.3 Å². The summed E-state index contributed by atoms with van der Waals surface area (Å²) in [7, 11) is 3.94. The SMILES string of the molecule is CNC(C#N)(CN(C)CCOC(C)C)C1CC1. The van der Waals surface area contributed by atoms with E-state index in [9.17, 15) is 5.26 Å². The molecule has 98 valence electrons. The van der Waals surface area contributed by atoms with E-state index in [0.29, 0.717) is 5.92 Å². The number of ether oxygens (including phenoxy) is 1. The first-order valence-electron chi connectivity index (χ1n) is 6.44. The predicted octanol–water partition coefficient (Wildman–Crippen LogP) is 1.23. The molecule has 1 rings (SSSR count). The van der Waals surface area contributed by atoms with Crippen LogP contribution in [0.15, 0.2) is 0 Å². The van der Waals surface area contributed by atoms with E-state index in [1.165, 1.54) is 12.8 Å². The molecular formula is C13H25N3O. The third-order valence-electron chi connectivity index (χ3n) is 3.36. The van der Waals surface area contributed by atoms with E-state index >= 15 is 0 Å². The Balaban J connectivity index is 2.37. The fourth-order valence-electron chi connectivity index (χ4n) is 2.12. The highest BCUT2D eigenvalue weighted by Crippen LogP contribution is 2.39. The van der Waals surface area contributed by atoms with Crippen LogP contribution in [0.2, 0.25) is 0 Å². The van der Waals surface area contributed by atoms with Gasteiger partial charge < -0.3 is 15.0 Å². The molecule has 0 amide bonds. The minimum atomic E-state index is -0.368. The summed E-state index contributed by atoms with van der Waals surface area (Å²) in [6.45, 7) is 6.45. The molecule has 0 aromatic carbocycles. The van der Waals surface area contributed by atoms with Crippen molar-refractivity contribution in [2.24, 2.45) is 5.92 Å². The van der Waals surface area contributed by atoms with Crippen molar-refractivity contribution in [3.8, 4) is 6.07 Å². The van der Waals surface area contributed by atoms with Crippen LogP contribution in [0.3, 0.4) is 0 Å². The van der Waals surface area contributed by atoms with Crippen molar-refractivity contribution in [3.63, 3.8) is 0 Å².